The van der Waals surface area contributed by atoms with Crippen molar-refractivity contribution in [3.63, 3.8) is 0 Å². The number of nitrogens with one attached hydrogen (secondary N) is 1. The van der Waals surface area contributed by atoms with Crippen molar-refractivity contribution in [1.29, 1.82) is 0 Å². The molecule has 1 aromatic carbocycles. The highest BCUT2D eigenvalue weighted by molar-refractivity contribution is 6.36. The van der Waals surface area contributed by atoms with Gasteiger partial charge in [-0.25, -0.2) is 4.79 Å². The summed E-state index contributed by atoms with van der Waals surface area (Å²) in [6.45, 7) is 1.91. The number of hydrogen-bond donors (Lipinski definition) is 2. The van der Waals surface area contributed by atoms with Crippen LogP contribution in [0, 0.1) is 0 Å². The van der Waals surface area contributed by atoms with Crippen LogP contribution in [0.3, 0.4) is 0 Å². The number of phenols is 1. The Balaban J connectivity index is 2.35. The molecule has 21 heavy (non-hydrogen) atoms. The SMILES string of the molecule is CCOC(=O)c1cc(C(=O)c2cc(Cl)cc(Cl)c2O)c[nH]1. The van der Waals surface area contributed by atoms with Crippen LogP contribution < -0.4 is 0 Å². The van der Waals surface area contributed by atoms with Gasteiger partial charge in [-0.15, -0.1) is 0 Å². The van der Waals surface area contributed by atoms with Crippen molar-refractivity contribution in [3.8, 4) is 5.75 Å². The molecule has 1 heterocycles. The zero-order valence-electron chi connectivity index (χ0n) is 10.9. The smallest absolute Gasteiger partial charge is 0.354 e. The largest absolute Gasteiger partial charge is 0.506 e. The van der Waals surface area contributed by atoms with E-state index in [1.807, 2.05) is 0 Å². The van der Waals surface area contributed by atoms with E-state index in [4.69, 9.17) is 27.9 Å². The van der Waals surface area contributed by atoms with Crippen LogP contribution in [-0.4, -0.2) is 28.4 Å². The van der Waals surface area contributed by atoms with Gasteiger partial charge in [0, 0.05) is 16.8 Å². The van der Waals surface area contributed by atoms with E-state index < -0.39 is 11.8 Å². The average molecular weight is 328 g/mol. The highest BCUT2D eigenvalue weighted by Crippen LogP contribution is 2.32. The second-order valence-electron chi connectivity index (χ2n) is 4.14. The Bertz CT molecular complexity index is 709. The molecule has 0 aliphatic heterocycles. The van der Waals surface area contributed by atoms with Gasteiger partial charge >= 0.3 is 5.97 Å². The Labute approximate surface area is 130 Å². The maximum absolute atomic E-state index is 12.3. The number of ether oxygens (including phenoxy) is 1. The summed E-state index contributed by atoms with van der Waals surface area (Å²) in [7, 11) is 0. The van der Waals surface area contributed by atoms with Crippen LogP contribution in [0.15, 0.2) is 24.4 Å². The van der Waals surface area contributed by atoms with Gasteiger partial charge in [-0.05, 0) is 25.1 Å². The van der Waals surface area contributed by atoms with Crippen LogP contribution in [0.2, 0.25) is 10.0 Å². The van der Waals surface area contributed by atoms with Gasteiger partial charge in [0.1, 0.15) is 11.4 Å². The normalized spacial score (nSPS) is 10.4. The van der Waals surface area contributed by atoms with Crippen molar-refractivity contribution >= 4 is 35.0 Å². The van der Waals surface area contributed by atoms with Crippen molar-refractivity contribution in [2.45, 2.75) is 6.92 Å². The van der Waals surface area contributed by atoms with E-state index in [0.717, 1.165) is 0 Å². The molecule has 1 aromatic heterocycles. The fraction of sp³-hybridized carbons (Fsp3) is 0.143. The highest BCUT2D eigenvalue weighted by Gasteiger charge is 2.20. The molecule has 0 saturated heterocycles. The zero-order chi connectivity index (χ0) is 15.6. The minimum atomic E-state index is -0.565. The summed E-state index contributed by atoms with van der Waals surface area (Å²) in [5.41, 5.74) is 0.293. The van der Waals surface area contributed by atoms with Crippen molar-refractivity contribution in [1.82, 2.24) is 4.98 Å². The van der Waals surface area contributed by atoms with Crippen LogP contribution in [-0.2, 0) is 4.74 Å². The number of ketones is 1. The molecule has 0 amide bonds. The first-order chi connectivity index (χ1) is 9.93. The first-order valence-corrected chi connectivity index (χ1v) is 6.78. The summed E-state index contributed by atoms with van der Waals surface area (Å²) in [6.07, 6.45) is 1.35. The van der Waals surface area contributed by atoms with E-state index in [1.165, 1.54) is 24.4 Å². The maximum atomic E-state index is 12.3. The quantitative estimate of drug-likeness (QED) is 0.666. The number of phenolic OH excluding ortho intramolecular Hbond substituents is 1. The lowest BCUT2D eigenvalue weighted by Gasteiger charge is -2.05. The van der Waals surface area contributed by atoms with Crippen molar-refractivity contribution < 1.29 is 19.4 Å². The predicted octanol–water partition coefficient (Wildman–Crippen LogP) is 3.43. The first kappa shape index (κ1) is 15.4. The van der Waals surface area contributed by atoms with E-state index in [2.05, 4.69) is 4.98 Å². The molecule has 0 unspecified atom stereocenters. The monoisotopic (exact) mass is 327 g/mol. The summed E-state index contributed by atoms with van der Waals surface area (Å²) in [6, 6.07) is 3.98. The molecule has 0 fully saturated rings. The Kier molecular flexibility index (Phi) is 4.55. The third kappa shape index (κ3) is 3.20. The lowest BCUT2D eigenvalue weighted by molar-refractivity contribution is 0.0520. The van der Waals surface area contributed by atoms with Crippen molar-refractivity contribution in [2.75, 3.05) is 6.61 Å². The number of aromatic nitrogens is 1. The van der Waals surface area contributed by atoms with Crippen LogP contribution in [0.5, 0.6) is 5.75 Å². The molecule has 2 aromatic rings. The number of carbonyl (C=O) groups excluding carboxylic acids is 2. The number of halogens is 2. The number of aromatic amines is 1. The number of esters is 1. The molecule has 5 nitrogen and oxygen atoms in total. The Morgan fingerprint density at radius 3 is 2.67 bits per heavy atom. The summed E-state index contributed by atoms with van der Waals surface area (Å²) in [4.78, 5) is 26.5. The average Bonchev–Trinajstić information content (AvgIpc) is 2.92. The molecule has 0 aliphatic carbocycles. The number of rotatable bonds is 4. The van der Waals surface area contributed by atoms with E-state index in [1.54, 1.807) is 6.92 Å². The fourth-order valence-electron chi connectivity index (χ4n) is 1.75. The Morgan fingerprint density at radius 1 is 1.29 bits per heavy atom. The molecule has 0 saturated carbocycles. The van der Waals surface area contributed by atoms with Crippen LogP contribution in [0.4, 0.5) is 0 Å². The van der Waals surface area contributed by atoms with Crippen molar-refractivity contribution in [2.24, 2.45) is 0 Å². The molecular formula is C14H11Cl2NO4. The number of aromatic hydroxyl groups is 1. The standard InChI is InChI=1S/C14H11Cl2NO4/c1-2-21-14(20)11-3-7(6-17-11)12(18)9-4-8(15)5-10(16)13(9)19/h3-6,17,19H,2H2,1H3. The third-order valence-corrected chi connectivity index (χ3v) is 3.22. The third-order valence-electron chi connectivity index (χ3n) is 2.71. The minimum absolute atomic E-state index is 0.0213. The van der Waals surface area contributed by atoms with E-state index in [9.17, 15) is 14.7 Å². The number of benzene rings is 1. The molecule has 110 valence electrons. The van der Waals surface area contributed by atoms with Gasteiger partial charge in [-0.3, -0.25) is 4.79 Å². The minimum Gasteiger partial charge on any atom is -0.506 e. The molecule has 2 N–H and O–H groups in total. The molecule has 0 aliphatic rings. The summed E-state index contributed by atoms with van der Waals surface area (Å²) >= 11 is 11.6. The van der Waals surface area contributed by atoms with Crippen LogP contribution in [0.25, 0.3) is 0 Å². The molecule has 0 atom stereocenters. The zero-order valence-corrected chi connectivity index (χ0v) is 12.5. The summed E-state index contributed by atoms with van der Waals surface area (Å²) in [5, 5.41) is 10.0. The fourth-order valence-corrected chi connectivity index (χ4v) is 2.24. The topological polar surface area (TPSA) is 79.4 Å². The number of carbonyl (C=O) groups is 2. The molecule has 2 rings (SSSR count). The first-order valence-electron chi connectivity index (χ1n) is 6.02. The van der Waals surface area contributed by atoms with E-state index in [-0.39, 0.29) is 39.2 Å². The molecule has 7 heteroatoms. The van der Waals surface area contributed by atoms with Gasteiger partial charge in [-0.2, -0.15) is 0 Å². The molecule has 0 spiro atoms. The van der Waals surface area contributed by atoms with Gasteiger partial charge in [0.2, 0.25) is 0 Å². The van der Waals surface area contributed by atoms with Crippen LogP contribution in [0.1, 0.15) is 33.3 Å². The summed E-state index contributed by atoms with van der Waals surface area (Å²) < 4.78 is 4.82. The van der Waals surface area contributed by atoms with Crippen molar-refractivity contribution in [3.05, 3.63) is 51.3 Å². The van der Waals surface area contributed by atoms with Crippen LogP contribution >= 0.6 is 23.2 Å². The van der Waals surface area contributed by atoms with Gasteiger partial charge < -0.3 is 14.8 Å². The lowest BCUT2D eigenvalue weighted by atomic mass is 10.0. The predicted molar refractivity (Wildman–Crippen MR) is 78.3 cm³/mol. The van der Waals surface area contributed by atoms with Gasteiger partial charge in [-0.1, -0.05) is 23.2 Å². The Hall–Kier alpha value is -1.98. The molecule has 0 bridgehead atoms. The van der Waals surface area contributed by atoms with E-state index in [0.29, 0.717) is 0 Å². The maximum Gasteiger partial charge on any atom is 0.354 e. The van der Waals surface area contributed by atoms with Gasteiger partial charge in [0.25, 0.3) is 0 Å². The lowest BCUT2D eigenvalue weighted by Crippen LogP contribution is -2.05. The van der Waals surface area contributed by atoms with Gasteiger partial charge in [0.05, 0.1) is 17.2 Å². The van der Waals surface area contributed by atoms with E-state index >= 15 is 0 Å². The number of H-pyrrole nitrogens is 1. The molecular weight excluding hydrogens is 317 g/mol. The second kappa shape index (κ2) is 6.20. The Morgan fingerprint density at radius 2 is 2.00 bits per heavy atom. The highest BCUT2D eigenvalue weighted by atomic mass is 35.5. The molecule has 0 radical (unpaired) electrons. The second-order valence-corrected chi connectivity index (χ2v) is 4.98. The van der Waals surface area contributed by atoms with Gasteiger partial charge in [0.15, 0.2) is 5.78 Å². The number of hydrogen-bond acceptors (Lipinski definition) is 4. The summed E-state index contributed by atoms with van der Waals surface area (Å²) in [5.74, 6) is -1.43.